The fraction of sp³-hybridized carbons (Fsp3) is 0.951. The summed E-state index contributed by atoms with van der Waals surface area (Å²) in [6, 6.07) is 0.518. The molecule has 8 rings (SSSR count). The number of nitrogens with zero attached hydrogens (tertiary/aromatic N) is 1. The fourth-order valence-corrected chi connectivity index (χ4v) is 14.4. The molecule has 5 saturated carbocycles. The Kier molecular flexibility index (Phi) is 8.47. The van der Waals surface area contributed by atoms with Gasteiger partial charge in [-0.1, -0.05) is 46.8 Å². The van der Waals surface area contributed by atoms with E-state index in [1.807, 2.05) is 20.8 Å². The molecule has 8 aliphatic rings. The van der Waals surface area contributed by atoms with E-state index in [2.05, 4.69) is 46.1 Å². The van der Waals surface area contributed by atoms with Crippen LogP contribution in [0.5, 0.6) is 0 Å². The SMILES string of the molecule is C=C(C)CO[C@@H](C1C[C@@H](C)[C@H]2C(O1)[C@H](O)[C@@]1(C)C3CC[C@H]4C(C)(C)C(O[C@H]5CN(C6COC6)CCO5)CC[C@@]45C[C@@]35CC[C@]21C)C(C)(C)O. The quantitative estimate of drug-likeness (QED) is 0.302. The van der Waals surface area contributed by atoms with E-state index in [-0.39, 0.29) is 40.8 Å². The number of fused-ring (bicyclic) bond motifs is 4. The number of morpholine rings is 1. The molecule has 0 aromatic heterocycles. The Hall–Kier alpha value is -0.580. The van der Waals surface area contributed by atoms with Crippen LogP contribution >= 0.6 is 0 Å². The second-order valence-corrected chi connectivity index (χ2v) is 20.0. The Labute approximate surface area is 296 Å². The van der Waals surface area contributed by atoms with Crippen LogP contribution in [0.25, 0.3) is 0 Å². The van der Waals surface area contributed by atoms with Gasteiger partial charge in [-0.2, -0.15) is 0 Å². The summed E-state index contributed by atoms with van der Waals surface area (Å²) >= 11 is 0. The van der Waals surface area contributed by atoms with Crippen molar-refractivity contribution in [3.63, 3.8) is 0 Å². The Balaban J connectivity index is 1.02. The van der Waals surface area contributed by atoms with Crippen LogP contribution in [0.2, 0.25) is 0 Å². The maximum absolute atomic E-state index is 12.7. The summed E-state index contributed by atoms with van der Waals surface area (Å²) in [6.07, 6.45) is 7.78. The van der Waals surface area contributed by atoms with Crippen LogP contribution in [0.3, 0.4) is 0 Å². The van der Waals surface area contributed by atoms with Crippen molar-refractivity contribution < 1.29 is 33.9 Å². The molecule has 278 valence electrons. The van der Waals surface area contributed by atoms with Crippen molar-refractivity contribution in [2.24, 2.45) is 50.7 Å². The van der Waals surface area contributed by atoms with E-state index >= 15 is 0 Å². The number of aliphatic hydroxyl groups excluding tert-OH is 1. The van der Waals surface area contributed by atoms with Crippen LogP contribution in [-0.4, -0.2) is 103 Å². The van der Waals surface area contributed by atoms with Gasteiger partial charge in [0.2, 0.25) is 0 Å². The highest BCUT2D eigenvalue weighted by molar-refractivity contribution is 5.33. The zero-order chi connectivity index (χ0) is 34.9. The van der Waals surface area contributed by atoms with Gasteiger partial charge in [-0.3, -0.25) is 4.90 Å². The van der Waals surface area contributed by atoms with Gasteiger partial charge in [0.1, 0.15) is 6.10 Å². The number of aliphatic hydroxyl groups is 2. The molecule has 8 nitrogen and oxygen atoms in total. The van der Waals surface area contributed by atoms with Gasteiger partial charge in [0.25, 0.3) is 0 Å². The van der Waals surface area contributed by atoms with Crippen molar-refractivity contribution in [3.05, 3.63) is 12.2 Å². The molecule has 14 atom stereocenters. The molecule has 0 aromatic carbocycles. The molecule has 3 aliphatic heterocycles. The first kappa shape index (κ1) is 35.4. The molecule has 3 saturated heterocycles. The summed E-state index contributed by atoms with van der Waals surface area (Å²) in [6.45, 7) is 26.6. The largest absolute Gasteiger partial charge is 0.390 e. The van der Waals surface area contributed by atoms with Crippen molar-refractivity contribution in [2.75, 3.05) is 39.5 Å². The molecular weight excluding hydrogens is 618 g/mol. The minimum absolute atomic E-state index is 0.00228. The summed E-state index contributed by atoms with van der Waals surface area (Å²) in [5.41, 5.74) is 0.361. The van der Waals surface area contributed by atoms with Crippen LogP contribution in [0.15, 0.2) is 12.2 Å². The maximum Gasteiger partial charge on any atom is 0.170 e. The maximum atomic E-state index is 12.7. The van der Waals surface area contributed by atoms with Gasteiger partial charge in [0.15, 0.2) is 6.29 Å². The molecule has 8 heteroatoms. The second kappa shape index (κ2) is 11.7. The molecule has 5 aliphatic carbocycles. The molecule has 0 radical (unpaired) electrons. The number of hydrogen-bond donors (Lipinski definition) is 2. The zero-order valence-corrected chi connectivity index (χ0v) is 31.8. The minimum Gasteiger partial charge on any atom is -0.390 e. The molecule has 0 aromatic rings. The standard InChI is InChI=1S/C41H67NO7/c1-24(2)20-47-35(37(6,7)44)27-18-25(3)32-33(48-27)34(43)39(9)29-11-10-28-36(4,5)30(49-31-19-42(16-17-46-31)26-21-45-22-26)12-13-40(28)23-41(29,40)15-14-38(32,39)8/h25-35,43-44H,1,10-23H2,2-9H3/t25-,27?,28+,29?,30?,31+,32+,33?,34+,35+,38-,39-,40-,41+/m1/s1. The predicted octanol–water partition coefficient (Wildman–Crippen LogP) is 5.97. The van der Waals surface area contributed by atoms with Crippen molar-refractivity contribution >= 4 is 0 Å². The van der Waals surface area contributed by atoms with Gasteiger partial charge in [0.05, 0.1) is 69.0 Å². The molecule has 0 amide bonds. The Bertz CT molecular complexity index is 1290. The van der Waals surface area contributed by atoms with Gasteiger partial charge in [-0.05, 0) is 117 Å². The van der Waals surface area contributed by atoms with Crippen molar-refractivity contribution in [3.8, 4) is 0 Å². The second-order valence-electron chi connectivity index (χ2n) is 20.0. The molecule has 0 bridgehead atoms. The van der Waals surface area contributed by atoms with Crippen LogP contribution in [0.1, 0.15) is 107 Å². The van der Waals surface area contributed by atoms with E-state index in [0.29, 0.717) is 47.2 Å². The molecule has 8 fully saturated rings. The Morgan fingerprint density at radius 3 is 2.43 bits per heavy atom. The lowest BCUT2D eigenvalue weighted by Gasteiger charge is -2.64. The molecule has 49 heavy (non-hydrogen) atoms. The topological polar surface area (TPSA) is 89.9 Å². The summed E-state index contributed by atoms with van der Waals surface area (Å²) in [5.74, 6) is 1.77. The van der Waals surface area contributed by atoms with Crippen molar-refractivity contribution in [2.45, 2.75) is 155 Å². The number of hydrogen-bond acceptors (Lipinski definition) is 8. The Morgan fingerprint density at radius 2 is 1.76 bits per heavy atom. The highest BCUT2D eigenvalue weighted by Gasteiger charge is 2.84. The normalized spacial score (nSPS) is 51.3. The third-order valence-electron chi connectivity index (χ3n) is 16.8. The van der Waals surface area contributed by atoms with E-state index in [9.17, 15) is 10.2 Å². The minimum atomic E-state index is -1.07. The van der Waals surface area contributed by atoms with E-state index in [1.54, 1.807) is 0 Å². The first-order valence-electron chi connectivity index (χ1n) is 19.9. The summed E-state index contributed by atoms with van der Waals surface area (Å²) < 4.78 is 31.9. The Morgan fingerprint density at radius 1 is 1.04 bits per heavy atom. The predicted molar refractivity (Wildman–Crippen MR) is 188 cm³/mol. The lowest BCUT2D eigenvalue weighted by atomic mass is 9.41. The van der Waals surface area contributed by atoms with Gasteiger partial charge in [-0.15, -0.1) is 0 Å². The van der Waals surface area contributed by atoms with Gasteiger partial charge < -0.3 is 33.9 Å². The third kappa shape index (κ3) is 4.96. The fourth-order valence-electron chi connectivity index (χ4n) is 14.4. The first-order chi connectivity index (χ1) is 23.0. The first-order valence-corrected chi connectivity index (χ1v) is 19.9. The smallest absolute Gasteiger partial charge is 0.170 e. The average molecular weight is 686 g/mol. The van der Waals surface area contributed by atoms with Gasteiger partial charge in [-0.25, -0.2) is 0 Å². The zero-order valence-electron chi connectivity index (χ0n) is 31.8. The monoisotopic (exact) mass is 685 g/mol. The van der Waals surface area contributed by atoms with Crippen LogP contribution < -0.4 is 0 Å². The van der Waals surface area contributed by atoms with Gasteiger partial charge in [0, 0.05) is 12.0 Å². The summed E-state index contributed by atoms with van der Waals surface area (Å²) in [4.78, 5) is 2.51. The lowest BCUT2D eigenvalue weighted by Crippen LogP contribution is -2.60. The van der Waals surface area contributed by atoms with Crippen LogP contribution in [0.4, 0.5) is 0 Å². The molecular formula is C41H67NO7. The lowest BCUT2D eigenvalue weighted by molar-refractivity contribution is -0.256. The summed E-state index contributed by atoms with van der Waals surface area (Å²) in [7, 11) is 0. The van der Waals surface area contributed by atoms with E-state index in [0.717, 1.165) is 57.7 Å². The van der Waals surface area contributed by atoms with E-state index < -0.39 is 17.8 Å². The number of ether oxygens (including phenoxy) is 5. The highest BCUT2D eigenvalue weighted by Crippen LogP contribution is 2.89. The van der Waals surface area contributed by atoms with E-state index in [1.165, 1.54) is 32.1 Å². The van der Waals surface area contributed by atoms with Crippen molar-refractivity contribution in [1.29, 1.82) is 0 Å². The van der Waals surface area contributed by atoms with Gasteiger partial charge >= 0.3 is 0 Å². The molecule has 3 heterocycles. The highest BCUT2D eigenvalue weighted by atomic mass is 16.7. The summed E-state index contributed by atoms with van der Waals surface area (Å²) in [5, 5.41) is 23.9. The van der Waals surface area contributed by atoms with E-state index in [4.69, 9.17) is 23.7 Å². The molecule has 2 spiro atoms. The van der Waals surface area contributed by atoms with Crippen LogP contribution in [0, 0.1) is 50.7 Å². The molecule has 2 N–H and O–H groups in total. The van der Waals surface area contributed by atoms with Crippen LogP contribution in [-0.2, 0) is 23.7 Å². The van der Waals surface area contributed by atoms with Crippen molar-refractivity contribution in [1.82, 2.24) is 4.90 Å². The molecule has 4 unspecified atom stereocenters. The average Bonchev–Trinajstić information content (AvgIpc) is 3.62. The number of rotatable bonds is 8. The third-order valence-corrected chi connectivity index (χ3v) is 16.8.